The van der Waals surface area contributed by atoms with Crippen LogP contribution >= 0.6 is 0 Å². The highest BCUT2D eigenvalue weighted by atomic mass is 16.3. The van der Waals surface area contributed by atoms with Crippen molar-refractivity contribution in [3.05, 3.63) is 35.8 Å². The maximum Gasteiger partial charge on any atom is 0.318 e. The lowest BCUT2D eigenvalue weighted by Crippen LogP contribution is -2.44. The van der Waals surface area contributed by atoms with Gasteiger partial charge in [-0.15, -0.1) is 10.2 Å². The van der Waals surface area contributed by atoms with Crippen molar-refractivity contribution < 1.29 is 9.21 Å². The largest absolute Gasteiger partial charge is 0.467 e. The average Bonchev–Trinajstić information content (AvgIpc) is 3.20. The molecule has 2 amide bonds. The molecule has 7 nitrogen and oxygen atoms in total. The summed E-state index contributed by atoms with van der Waals surface area (Å²) in [4.78, 5) is 15.0. The lowest BCUT2D eigenvalue weighted by Gasteiger charge is -2.32. The second-order valence-electron chi connectivity index (χ2n) is 6.98. The summed E-state index contributed by atoms with van der Waals surface area (Å²) in [5.74, 6) is 2.67. The second-order valence-corrected chi connectivity index (χ2v) is 6.98. The third-order valence-corrected chi connectivity index (χ3v) is 5.33. The van der Waals surface area contributed by atoms with Crippen LogP contribution in [0.3, 0.4) is 0 Å². The number of nitrogens with one attached hydrogen (secondary N) is 1. The van der Waals surface area contributed by atoms with Gasteiger partial charge in [0.1, 0.15) is 11.6 Å². The zero-order valence-electron chi connectivity index (χ0n) is 14.6. The number of carbonyl (C=O) groups is 1. The van der Waals surface area contributed by atoms with Gasteiger partial charge in [0.2, 0.25) is 0 Å². The molecule has 2 aromatic rings. The number of amides is 2. The number of fused-ring (bicyclic) bond motifs is 1. The third-order valence-electron chi connectivity index (χ3n) is 5.33. The fraction of sp³-hybridized carbons (Fsp3) is 0.611. The molecule has 4 heterocycles. The topological polar surface area (TPSA) is 76.2 Å². The molecule has 134 valence electrons. The predicted molar refractivity (Wildman–Crippen MR) is 91.9 cm³/mol. The number of aryl methyl sites for hydroxylation is 1. The molecule has 0 spiro atoms. The first-order valence-electron chi connectivity index (χ1n) is 9.24. The molecule has 0 bridgehead atoms. The molecule has 2 aliphatic rings. The first-order chi connectivity index (χ1) is 12.2. The Morgan fingerprint density at radius 3 is 2.96 bits per heavy atom. The summed E-state index contributed by atoms with van der Waals surface area (Å²) in [5, 5.41) is 11.7. The van der Waals surface area contributed by atoms with E-state index < -0.39 is 0 Å². The fourth-order valence-electron chi connectivity index (χ4n) is 4.01. The molecule has 2 aliphatic heterocycles. The van der Waals surface area contributed by atoms with Gasteiger partial charge in [0.05, 0.1) is 18.3 Å². The van der Waals surface area contributed by atoms with Gasteiger partial charge in [-0.05, 0) is 44.7 Å². The van der Waals surface area contributed by atoms with Crippen LogP contribution in [0.15, 0.2) is 22.8 Å². The van der Waals surface area contributed by atoms with Crippen LogP contribution < -0.4 is 5.32 Å². The number of hydrogen-bond acceptors (Lipinski definition) is 4. The minimum atomic E-state index is -0.0667. The van der Waals surface area contributed by atoms with E-state index in [1.807, 2.05) is 24.0 Å². The number of hydrogen-bond donors (Lipinski definition) is 1. The Morgan fingerprint density at radius 1 is 1.20 bits per heavy atom. The zero-order chi connectivity index (χ0) is 17.2. The Morgan fingerprint density at radius 2 is 2.12 bits per heavy atom. The van der Waals surface area contributed by atoms with Crippen molar-refractivity contribution in [3.8, 4) is 0 Å². The normalized spacial score (nSPS) is 23.8. The van der Waals surface area contributed by atoms with Crippen molar-refractivity contribution in [1.29, 1.82) is 0 Å². The number of furan rings is 1. The summed E-state index contributed by atoms with van der Waals surface area (Å²) in [6.45, 7) is 3.65. The van der Waals surface area contributed by atoms with Gasteiger partial charge in [0.15, 0.2) is 5.82 Å². The van der Waals surface area contributed by atoms with Crippen molar-refractivity contribution in [3.63, 3.8) is 0 Å². The van der Waals surface area contributed by atoms with Gasteiger partial charge in [-0.3, -0.25) is 0 Å². The molecule has 25 heavy (non-hydrogen) atoms. The third kappa shape index (κ3) is 3.15. The molecular formula is C18H25N5O2. The highest BCUT2D eigenvalue weighted by Gasteiger charge is 2.32. The quantitative estimate of drug-likeness (QED) is 0.907. The van der Waals surface area contributed by atoms with Crippen LogP contribution in [0, 0.1) is 6.92 Å². The van der Waals surface area contributed by atoms with E-state index >= 15 is 0 Å². The zero-order valence-corrected chi connectivity index (χ0v) is 14.6. The van der Waals surface area contributed by atoms with E-state index in [0.717, 1.165) is 69.0 Å². The average molecular weight is 343 g/mol. The smallest absolute Gasteiger partial charge is 0.318 e. The van der Waals surface area contributed by atoms with Crippen LogP contribution in [0.4, 0.5) is 4.79 Å². The summed E-state index contributed by atoms with van der Waals surface area (Å²) in [5.41, 5.74) is 0. The Hall–Kier alpha value is -2.31. The van der Waals surface area contributed by atoms with Crippen molar-refractivity contribution in [2.24, 2.45) is 0 Å². The number of urea groups is 1. The van der Waals surface area contributed by atoms with E-state index in [1.165, 1.54) is 0 Å². The van der Waals surface area contributed by atoms with Gasteiger partial charge in [-0.25, -0.2) is 4.79 Å². The minimum absolute atomic E-state index is 0.0145. The molecule has 0 radical (unpaired) electrons. The Labute approximate surface area is 147 Å². The molecule has 7 heteroatoms. The SMILES string of the molecule is Cc1nnc2n1CCCC2NC(=O)N1CCCCCC1c1ccco1. The highest BCUT2D eigenvalue weighted by Crippen LogP contribution is 2.31. The van der Waals surface area contributed by atoms with Gasteiger partial charge in [0.25, 0.3) is 0 Å². The van der Waals surface area contributed by atoms with Gasteiger partial charge in [0, 0.05) is 13.1 Å². The van der Waals surface area contributed by atoms with Crippen LogP contribution in [0.5, 0.6) is 0 Å². The van der Waals surface area contributed by atoms with Crippen LogP contribution in [-0.4, -0.2) is 32.2 Å². The van der Waals surface area contributed by atoms with E-state index in [9.17, 15) is 4.79 Å². The first kappa shape index (κ1) is 16.2. The van der Waals surface area contributed by atoms with Gasteiger partial charge in [-0.1, -0.05) is 12.8 Å². The molecule has 0 saturated carbocycles. The van der Waals surface area contributed by atoms with Gasteiger partial charge >= 0.3 is 6.03 Å². The van der Waals surface area contributed by atoms with E-state index in [0.29, 0.717) is 0 Å². The molecule has 1 saturated heterocycles. The lowest BCUT2D eigenvalue weighted by molar-refractivity contribution is 0.160. The summed E-state index contributed by atoms with van der Waals surface area (Å²) >= 11 is 0. The fourth-order valence-corrected chi connectivity index (χ4v) is 4.01. The number of carbonyl (C=O) groups excluding carboxylic acids is 1. The summed E-state index contributed by atoms with van der Waals surface area (Å²) in [6, 6.07) is 3.78. The van der Waals surface area contributed by atoms with E-state index in [2.05, 4.69) is 20.1 Å². The monoisotopic (exact) mass is 343 g/mol. The van der Waals surface area contributed by atoms with Crippen LogP contribution in [0.25, 0.3) is 0 Å². The lowest BCUT2D eigenvalue weighted by atomic mass is 10.1. The standard InChI is InChI=1S/C18H25N5O2/c1-13-20-21-17-14(7-5-11-22(13)17)19-18(24)23-10-4-2-3-8-15(23)16-9-6-12-25-16/h6,9,12,14-15H,2-5,7-8,10-11H2,1H3,(H,19,24). The molecule has 2 aromatic heterocycles. The number of aromatic nitrogens is 3. The molecule has 0 aliphatic carbocycles. The second kappa shape index (κ2) is 6.90. The van der Waals surface area contributed by atoms with Crippen molar-refractivity contribution in [2.45, 2.75) is 64.1 Å². The summed E-state index contributed by atoms with van der Waals surface area (Å²) in [7, 11) is 0. The minimum Gasteiger partial charge on any atom is -0.467 e. The molecule has 1 fully saturated rings. The van der Waals surface area contributed by atoms with Crippen LogP contribution in [0.2, 0.25) is 0 Å². The van der Waals surface area contributed by atoms with Crippen molar-refractivity contribution >= 4 is 6.03 Å². The number of nitrogens with zero attached hydrogens (tertiary/aromatic N) is 4. The number of likely N-dealkylation sites (tertiary alicyclic amines) is 1. The Balaban J connectivity index is 1.53. The molecule has 2 unspecified atom stereocenters. The van der Waals surface area contributed by atoms with E-state index in [-0.39, 0.29) is 18.1 Å². The summed E-state index contributed by atoms with van der Waals surface area (Å²) in [6.07, 6.45) is 7.86. The Kier molecular flexibility index (Phi) is 4.46. The highest BCUT2D eigenvalue weighted by molar-refractivity contribution is 5.75. The predicted octanol–water partition coefficient (Wildman–Crippen LogP) is 3.34. The Bertz CT molecular complexity index is 724. The van der Waals surface area contributed by atoms with E-state index in [4.69, 9.17) is 4.42 Å². The van der Waals surface area contributed by atoms with Crippen molar-refractivity contribution in [1.82, 2.24) is 25.0 Å². The first-order valence-corrected chi connectivity index (χ1v) is 9.24. The molecule has 2 atom stereocenters. The van der Waals surface area contributed by atoms with Crippen LogP contribution in [0.1, 0.15) is 68.0 Å². The van der Waals surface area contributed by atoms with Gasteiger partial charge in [-0.2, -0.15) is 0 Å². The van der Waals surface area contributed by atoms with Crippen molar-refractivity contribution in [2.75, 3.05) is 6.54 Å². The molecule has 4 rings (SSSR count). The molecular weight excluding hydrogens is 318 g/mol. The maximum atomic E-state index is 13.1. The van der Waals surface area contributed by atoms with Crippen LogP contribution in [-0.2, 0) is 6.54 Å². The summed E-state index contributed by atoms with van der Waals surface area (Å²) < 4.78 is 7.72. The maximum absolute atomic E-state index is 13.1. The van der Waals surface area contributed by atoms with Gasteiger partial charge < -0.3 is 19.2 Å². The van der Waals surface area contributed by atoms with E-state index in [1.54, 1.807) is 6.26 Å². The number of rotatable bonds is 2. The molecule has 0 aromatic carbocycles. The molecule has 1 N–H and O–H groups in total.